The summed E-state index contributed by atoms with van der Waals surface area (Å²) in [5.74, 6) is -1.30. The van der Waals surface area contributed by atoms with Gasteiger partial charge in [0.2, 0.25) is 0 Å². The van der Waals surface area contributed by atoms with Crippen LogP contribution in [0.1, 0.15) is 47.8 Å². The third-order valence-electron chi connectivity index (χ3n) is 7.90. The summed E-state index contributed by atoms with van der Waals surface area (Å²) in [7, 11) is 0. The van der Waals surface area contributed by atoms with Crippen molar-refractivity contribution < 1.29 is 23.8 Å². The second-order valence-corrected chi connectivity index (χ2v) is 9.78. The summed E-state index contributed by atoms with van der Waals surface area (Å²) in [4.78, 5) is 25.9. The van der Waals surface area contributed by atoms with Gasteiger partial charge in [-0.3, -0.25) is 4.90 Å². The summed E-state index contributed by atoms with van der Waals surface area (Å²) >= 11 is 0. The van der Waals surface area contributed by atoms with E-state index in [1.807, 2.05) is 10.9 Å². The molecule has 1 spiro atoms. The van der Waals surface area contributed by atoms with Crippen molar-refractivity contribution in [2.75, 3.05) is 11.4 Å². The fourth-order valence-corrected chi connectivity index (χ4v) is 5.90. The van der Waals surface area contributed by atoms with E-state index in [9.17, 15) is 19.1 Å². The van der Waals surface area contributed by atoms with Gasteiger partial charge in [0.25, 0.3) is 0 Å². The van der Waals surface area contributed by atoms with Crippen molar-refractivity contribution in [3.05, 3.63) is 82.9 Å². The van der Waals surface area contributed by atoms with Crippen molar-refractivity contribution in [3.63, 3.8) is 0 Å². The molecule has 0 unspecified atom stereocenters. The van der Waals surface area contributed by atoms with Gasteiger partial charge in [-0.05, 0) is 85.9 Å². The van der Waals surface area contributed by atoms with Crippen LogP contribution in [0.5, 0.6) is 0 Å². The predicted octanol–water partition coefficient (Wildman–Crippen LogP) is 5.23. The van der Waals surface area contributed by atoms with Crippen molar-refractivity contribution in [1.29, 1.82) is 0 Å². The number of ether oxygens (including phenoxy) is 1. The first kappa shape index (κ1) is 21.6. The van der Waals surface area contributed by atoms with E-state index in [2.05, 4.69) is 18.1 Å². The molecule has 2 aromatic carbocycles. The number of anilines is 1. The summed E-state index contributed by atoms with van der Waals surface area (Å²) in [6, 6.07) is 12.6. The molecule has 178 valence electrons. The van der Waals surface area contributed by atoms with E-state index in [0.29, 0.717) is 18.7 Å². The minimum Gasteiger partial charge on any atom is -0.478 e. The number of benzene rings is 2. The Morgan fingerprint density at radius 1 is 1.11 bits per heavy atom. The molecule has 0 bridgehead atoms. The zero-order valence-electron chi connectivity index (χ0n) is 19.2. The average molecular weight is 474 g/mol. The van der Waals surface area contributed by atoms with Gasteiger partial charge in [-0.1, -0.05) is 12.5 Å². The van der Waals surface area contributed by atoms with Crippen LogP contribution in [0.3, 0.4) is 0 Å². The van der Waals surface area contributed by atoms with Crippen LogP contribution >= 0.6 is 0 Å². The molecule has 2 fully saturated rings. The highest BCUT2D eigenvalue weighted by atomic mass is 19.1. The number of amides is 1. The molecule has 2 aliphatic carbocycles. The monoisotopic (exact) mass is 473 g/mol. The molecule has 1 aliphatic heterocycles. The molecule has 1 saturated heterocycles. The molecule has 8 heteroatoms. The van der Waals surface area contributed by atoms with Crippen LogP contribution in [0.2, 0.25) is 0 Å². The van der Waals surface area contributed by atoms with Crippen LogP contribution < -0.4 is 4.90 Å². The quantitative estimate of drug-likeness (QED) is 0.563. The smallest absolute Gasteiger partial charge is 0.415 e. The molecule has 3 aromatic rings. The van der Waals surface area contributed by atoms with Gasteiger partial charge in [-0.2, -0.15) is 5.10 Å². The molecule has 7 nitrogen and oxygen atoms in total. The van der Waals surface area contributed by atoms with Gasteiger partial charge >= 0.3 is 12.1 Å². The maximum atomic E-state index is 13.4. The predicted molar refractivity (Wildman–Crippen MR) is 127 cm³/mol. The van der Waals surface area contributed by atoms with Crippen molar-refractivity contribution in [2.45, 2.75) is 38.2 Å². The van der Waals surface area contributed by atoms with Gasteiger partial charge in [0.15, 0.2) is 0 Å². The zero-order valence-corrected chi connectivity index (χ0v) is 19.2. The number of fused-ring (bicyclic) bond motifs is 3. The number of hydrogen-bond acceptors (Lipinski definition) is 4. The molecule has 1 N–H and O–H groups in total. The normalized spacial score (nSPS) is 25.1. The molecular weight excluding hydrogens is 449 g/mol. The molecule has 2 heterocycles. The van der Waals surface area contributed by atoms with Crippen molar-refractivity contribution in [2.24, 2.45) is 5.41 Å². The molecular formula is C27H24FN3O4. The molecule has 2 atom stereocenters. The molecule has 0 radical (unpaired) electrons. The molecule has 3 aliphatic rings. The van der Waals surface area contributed by atoms with E-state index in [-0.39, 0.29) is 11.4 Å². The Balaban J connectivity index is 1.35. The van der Waals surface area contributed by atoms with Gasteiger partial charge in [0.05, 0.1) is 29.7 Å². The van der Waals surface area contributed by atoms with E-state index in [4.69, 9.17) is 4.74 Å². The first-order valence-corrected chi connectivity index (χ1v) is 11.7. The average Bonchev–Trinajstić information content (AvgIpc) is 3.40. The summed E-state index contributed by atoms with van der Waals surface area (Å²) in [5, 5.41) is 13.8. The first-order chi connectivity index (χ1) is 16.8. The van der Waals surface area contributed by atoms with Crippen molar-refractivity contribution in [3.8, 4) is 5.69 Å². The number of carboxylic acids is 1. The summed E-state index contributed by atoms with van der Waals surface area (Å²) < 4.78 is 21.5. The molecule has 35 heavy (non-hydrogen) atoms. The molecule has 1 aromatic heterocycles. The van der Waals surface area contributed by atoms with Gasteiger partial charge < -0.3 is 9.84 Å². The number of halogens is 1. The Bertz CT molecular complexity index is 1380. The highest BCUT2D eigenvalue weighted by molar-refractivity contribution is 5.92. The second kappa shape index (κ2) is 7.53. The Kier molecular flexibility index (Phi) is 4.64. The highest BCUT2D eigenvalue weighted by Crippen LogP contribution is 2.57. The third-order valence-corrected chi connectivity index (χ3v) is 7.90. The number of carbonyl (C=O) groups is 2. The van der Waals surface area contributed by atoms with E-state index < -0.39 is 23.1 Å². The van der Waals surface area contributed by atoms with Crippen LogP contribution in [-0.4, -0.2) is 39.1 Å². The molecule has 6 rings (SSSR count). The van der Waals surface area contributed by atoms with E-state index in [0.717, 1.165) is 36.2 Å². The van der Waals surface area contributed by atoms with Crippen LogP contribution in [-0.2, 0) is 11.2 Å². The first-order valence-electron chi connectivity index (χ1n) is 11.7. The summed E-state index contributed by atoms with van der Waals surface area (Å²) in [6.07, 6.45) is 6.81. The maximum Gasteiger partial charge on any atom is 0.415 e. The Labute approximate surface area is 201 Å². The van der Waals surface area contributed by atoms with Gasteiger partial charge in [-0.25, -0.2) is 18.7 Å². The Hall–Kier alpha value is -3.94. The lowest BCUT2D eigenvalue weighted by Crippen LogP contribution is -2.55. The SMILES string of the molecule is C[C@]12Cc3cnn(-c4ccc(F)cc4)c3C=C1CCC[C@@]21CN(c2ccc(C(=O)O)cc2)C(=O)O1. The number of aromatic carboxylic acids is 1. The largest absolute Gasteiger partial charge is 0.478 e. The number of aromatic nitrogens is 2. The van der Waals surface area contributed by atoms with Gasteiger partial charge in [0, 0.05) is 11.1 Å². The maximum absolute atomic E-state index is 13.4. The number of carbonyl (C=O) groups excluding carboxylic acids is 1. The lowest BCUT2D eigenvalue weighted by Gasteiger charge is -2.51. The fraction of sp³-hybridized carbons (Fsp3) is 0.296. The number of rotatable bonds is 3. The third kappa shape index (κ3) is 3.20. The minimum atomic E-state index is -1.01. The topological polar surface area (TPSA) is 84.7 Å². The van der Waals surface area contributed by atoms with Crippen molar-refractivity contribution in [1.82, 2.24) is 9.78 Å². The fourth-order valence-electron chi connectivity index (χ4n) is 5.90. The zero-order chi connectivity index (χ0) is 24.4. The number of hydrogen-bond donors (Lipinski definition) is 1. The standard InChI is InChI=1S/C27H24FN3O4/c1-26-14-18-15-29-31(22-10-6-20(28)7-11-22)23(18)13-19(26)3-2-12-27(26)16-30(25(34)35-27)21-8-4-17(5-9-21)24(32)33/h4-11,13,15H,2-3,12,14,16H2,1H3,(H,32,33)/t26-,27+/m0/s1. The van der Waals surface area contributed by atoms with E-state index >= 15 is 0 Å². The van der Waals surface area contributed by atoms with Crippen molar-refractivity contribution >= 4 is 23.8 Å². The lowest BCUT2D eigenvalue weighted by molar-refractivity contribution is -0.0515. The lowest BCUT2D eigenvalue weighted by atomic mass is 9.57. The summed E-state index contributed by atoms with van der Waals surface area (Å²) in [5.41, 5.74) is 3.74. The van der Waals surface area contributed by atoms with Crippen LogP contribution in [0.25, 0.3) is 11.8 Å². The van der Waals surface area contributed by atoms with Crippen LogP contribution in [0.15, 0.2) is 60.3 Å². The van der Waals surface area contributed by atoms with E-state index in [1.54, 1.807) is 29.2 Å². The molecule has 1 saturated carbocycles. The molecule has 1 amide bonds. The Morgan fingerprint density at radius 3 is 2.54 bits per heavy atom. The van der Waals surface area contributed by atoms with E-state index in [1.165, 1.54) is 29.8 Å². The van der Waals surface area contributed by atoms with Crippen LogP contribution in [0, 0.1) is 11.2 Å². The van der Waals surface area contributed by atoms with Crippen LogP contribution in [0.4, 0.5) is 14.9 Å². The summed E-state index contributed by atoms with van der Waals surface area (Å²) in [6.45, 7) is 2.56. The number of carboxylic acid groups (broad SMARTS) is 1. The minimum absolute atomic E-state index is 0.170. The van der Waals surface area contributed by atoms with Gasteiger partial charge in [0.1, 0.15) is 11.4 Å². The highest BCUT2D eigenvalue weighted by Gasteiger charge is 2.61. The van der Waals surface area contributed by atoms with Gasteiger partial charge in [-0.15, -0.1) is 0 Å². The second-order valence-electron chi connectivity index (χ2n) is 9.78. The Morgan fingerprint density at radius 2 is 1.83 bits per heavy atom. The number of nitrogens with zero attached hydrogens (tertiary/aromatic N) is 3.